The van der Waals surface area contributed by atoms with E-state index < -0.39 is 54.7 Å². The molecule has 8 rings (SSSR count). The molecule has 2 aliphatic rings. The molecule has 0 bridgehead atoms. The van der Waals surface area contributed by atoms with Crippen molar-refractivity contribution in [2.75, 3.05) is 72.2 Å². The first-order valence-electron chi connectivity index (χ1n) is 42.5. The number of imide groups is 2. The quantitative estimate of drug-likeness (QED) is 0.00215. The number of ether oxygens (including phenoxy) is 8. The van der Waals surface area contributed by atoms with Crippen LogP contribution in [0.25, 0.3) is 0 Å². The normalized spacial score (nSPS) is 11.4. The molecule has 0 spiro atoms. The number of hydrogen-bond donors (Lipinski definition) is 7. The van der Waals surface area contributed by atoms with Gasteiger partial charge in [-0.2, -0.15) is 13.5 Å². The SMILES string of the molecule is C.CC(=O)CCCBr.CCc1cc(CC)cc(OCCCC(=O)O)c1.CCc1cc(CC)cc(OCCCC(=O)OC)c1.CCc1cc(CC)cc(OCCCC(=O)ON2C(=O)CCC2=O)c1.CCc1cc(COS(C)(=O)=O)cc(OCCCC(=O)OC)c1.COC(=O)CCCOc1cc(CO)cc(CO)c1.CS(=O)(=O)Cl.O=C1CCC(=O)N1O.OCc1cc(O)cc(CO)c1.[Li+].[OH-]. The van der Waals surface area contributed by atoms with Crippen molar-refractivity contribution < 1.29 is 172 Å². The Hall–Kier alpha value is -9.59. The first kappa shape index (κ1) is 130. The third-order valence-corrected chi connectivity index (χ3v) is 18.9. The number of carboxylic acid groups (broad SMARTS) is 1. The van der Waals surface area contributed by atoms with Crippen LogP contribution in [0.1, 0.15) is 232 Å². The van der Waals surface area contributed by atoms with E-state index in [2.05, 4.69) is 113 Å². The number of amides is 4. The number of aliphatic hydroxyl groups excluding tert-OH is 4. The molecule has 0 unspecified atom stereocenters. The van der Waals surface area contributed by atoms with Crippen molar-refractivity contribution in [3.05, 3.63) is 176 Å². The Kier molecular flexibility index (Phi) is 73.8. The van der Waals surface area contributed by atoms with Crippen molar-refractivity contribution in [1.82, 2.24) is 10.1 Å². The molecule has 6 aromatic carbocycles. The number of hydroxylamine groups is 4. The van der Waals surface area contributed by atoms with Gasteiger partial charge in [0.15, 0.2) is 0 Å². The number of carboxylic acids is 1. The van der Waals surface area contributed by atoms with Crippen LogP contribution in [0, 0.1) is 0 Å². The predicted molar refractivity (Wildman–Crippen MR) is 500 cm³/mol. The fourth-order valence-electron chi connectivity index (χ4n) is 10.9. The molecule has 8 N–H and O–H groups in total. The number of aliphatic carboxylic acids is 1. The van der Waals surface area contributed by atoms with E-state index in [1.54, 1.807) is 37.3 Å². The van der Waals surface area contributed by atoms with Gasteiger partial charge in [-0.3, -0.25) is 47.7 Å². The first-order valence-corrected chi connectivity index (χ1v) is 48.2. The zero-order valence-electron chi connectivity index (χ0n) is 78.3. The van der Waals surface area contributed by atoms with Crippen LogP contribution >= 0.6 is 26.6 Å². The summed E-state index contributed by atoms with van der Waals surface area (Å²) in [6.07, 6.45) is 14.8. The van der Waals surface area contributed by atoms with Gasteiger partial charge in [0.1, 0.15) is 40.3 Å². The molecule has 0 aromatic heterocycles. The minimum atomic E-state index is -3.48. The Morgan fingerprint density at radius 3 is 0.865 bits per heavy atom. The van der Waals surface area contributed by atoms with Crippen molar-refractivity contribution >= 4 is 105 Å². The van der Waals surface area contributed by atoms with Gasteiger partial charge >= 0.3 is 48.7 Å². The number of aromatic hydroxyl groups is 1. The van der Waals surface area contributed by atoms with Gasteiger partial charge in [0.25, 0.3) is 33.7 Å². The van der Waals surface area contributed by atoms with E-state index in [9.17, 15) is 64.8 Å². The number of aryl methyl sites for hydroxylation is 7. The Bertz CT molecular complexity index is 4450. The van der Waals surface area contributed by atoms with E-state index in [0.29, 0.717) is 130 Å². The smallest absolute Gasteiger partial charge is 0.870 e. The van der Waals surface area contributed by atoms with Crippen LogP contribution in [0.2, 0.25) is 0 Å². The monoisotopic (exact) mass is 1990 g/mol. The topological polar surface area (TPSA) is 509 Å². The minimum Gasteiger partial charge on any atom is -0.870 e. The summed E-state index contributed by atoms with van der Waals surface area (Å²) in [5, 5.41) is 63.1. The van der Waals surface area contributed by atoms with Crippen molar-refractivity contribution in [2.24, 2.45) is 0 Å². The maximum atomic E-state index is 11.7. The molecule has 2 aliphatic heterocycles. The number of phenols is 1. The van der Waals surface area contributed by atoms with Crippen LogP contribution in [0.3, 0.4) is 0 Å². The third kappa shape index (κ3) is 64.9. The van der Waals surface area contributed by atoms with Crippen LogP contribution in [0.15, 0.2) is 109 Å². The summed E-state index contributed by atoms with van der Waals surface area (Å²) < 4.78 is 87.4. The van der Waals surface area contributed by atoms with Gasteiger partial charge in [0.2, 0.25) is 9.05 Å². The Morgan fingerprint density at radius 2 is 0.639 bits per heavy atom. The zero-order chi connectivity index (χ0) is 98.2. The van der Waals surface area contributed by atoms with Crippen LogP contribution in [-0.4, -0.2) is 200 Å². The molecular formula is C94H137BrClLiN2O32S2. The van der Waals surface area contributed by atoms with Gasteiger partial charge in [-0.25, -0.2) is 13.2 Å². The number of ketones is 1. The number of hydrogen-bond acceptors (Lipinski definition) is 31. The molecule has 133 heavy (non-hydrogen) atoms. The third-order valence-electron chi connectivity index (χ3n) is 17.7. The molecule has 39 heteroatoms. The minimum absolute atomic E-state index is 0. The van der Waals surface area contributed by atoms with Crippen LogP contribution < -0.4 is 42.5 Å². The van der Waals surface area contributed by atoms with Crippen LogP contribution in [-0.2, 0) is 168 Å². The van der Waals surface area contributed by atoms with E-state index in [-0.39, 0.29) is 138 Å². The van der Waals surface area contributed by atoms with Crippen LogP contribution in [0.5, 0.6) is 34.5 Å². The summed E-state index contributed by atoms with van der Waals surface area (Å²) in [6.45, 7) is 18.0. The summed E-state index contributed by atoms with van der Waals surface area (Å²) in [5.74, 6) is 0.0797. The van der Waals surface area contributed by atoms with Gasteiger partial charge in [0.05, 0.1) is 106 Å². The molecule has 2 saturated heterocycles. The van der Waals surface area contributed by atoms with E-state index in [1.807, 2.05) is 43.3 Å². The first-order chi connectivity index (χ1) is 61.6. The summed E-state index contributed by atoms with van der Waals surface area (Å²) in [4.78, 5) is 113. The summed E-state index contributed by atoms with van der Waals surface area (Å²) in [6, 6.07) is 33.9. The second-order valence-electron chi connectivity index (χ2n) is 28.7. The van der Waals surface area contributed by atoms with Crippen molar-refractivity contribution in [1.29, 1.82) is 0 Å². The maximum Gasteiger partial charge on any atom is 1.00 e. The maximum absolute atomic E-state index is 11.7. The molecule has 0 radical (unpaired) electrons. The summed E-state index contributed by atoms with van der Waals surface area (Å²) in [7, 11) is 1.93. The van der Waals surface area contributed by atoms with Crippen molar-refractivity contribution in [2.45, 2.75) is 244 Å². The second kappa shape index (κ2) is 75.7. The molecule has 2 fully saturated rings. The van der Waals surface area contributed by atoms with Crippen molar-refractivity contribution in [3.8, 4) is 34.5 Å². The fourth-order valence-corrected chi connectivity index (χ4v) is 11.5. The average Bonchev–Trinajstić information content (AvgIpc) is 1.70. The van der Waals surface area contributed by atoms with Gasteiger partial charge < -0.3 is 83.6 Å². The Labute approximate surface area is 808 Å². The molecule has 6 aromatic rings. The fraction of sp³-hybridized carbons (Fsp3) is 0.511. The van der Waals surface area contributed by atoms with Crippen molar-refractivity contribution in [3.63, 3.8) is 0 Å². The predicted octanol–water partition coefficient (Wildman–Crippen LogP) is 11.1. The van der Waals surface area contributed by atoms with Gasteiger partial charge in [0, 0.05) is 73.8 Å². The summed E-state index contributed by atoms with van der Waals surface area (Å²) in [5.41, 5.74) is 11.9. The molecule has 2 heterocycles. The number of Topliss-reactive ketones (excluding diaryl/α,β-unsaturated/α-hetero) is 1. The molecular weight excluding hydrogens is 1860 g/mol. The van der Waals surface area contributed by atoms with E-state index in [0.717, 1.165) is 97.6 Å². The average molecular weight is 1990 g/mol. The molecule has 0 aliphatic carbocycles. The number of methoxy groups -OCH3 is 3. The number of rotatable bonds is 43. The number of phenolic OH excluding ortho intramolecular Hbond substituents is 1. The Morgan fingerprint density at radius 1 is 0.398 bits per heavy atom. The standard InChI is InChI=1S/C18H23NO5.C15H22O6S.C15H22O3.C14H20O3.C13H18O5.C8H10O3.C5H9BrO.C4H5NO3.CH3ClO2S.CH4.Li.H2O/c1-3-13-10-14(4-2)12-15(11-13)23-9-5-6-18(22)24-19-16(20)7-8-17(19)21;1-4-12-8-13(11-21-22(3,17)18)10-14(9-12)20-7-5-6-15(16)19-2;1-4-12-9-13(5-2)11-14(10-12)18-8-6-7-15(16)17-3;1-3-11-8-12(4-2)10-13(9-11)17-7-5-6-14(15)16;1-17-13(16)3-2-4-18-12-6-10(8-14)5-11(7-12)9-15;9-4-6-1-7(5-10)3-8(11)2-6;1-5(7)3-2-4-6;6-3-1-2-4(7)5(3)8;1-5(2,3)4;;;/h10-12H,3-9H2,1-2H3;8-10H,4-7,11H2,1-3H3;9-11H,4-8H2,1-3H3;8-10H,3-7H2,1-2H3,(H,15,16);5-7,14-15H,2-4,8-9H2,1H3;1-3,9-11H,4-5H2;2-4H2,1H3;8H,1-2H2;1H3;1H4;;1H2/q;;;;;;;;;;+1;/p-1. The second-order valence-corrected chi connectivity index (χ2v) is 34.2. The molecule has 4 amide bonds. The zero-order valence-corrected chi connectivity index (χ0v) is 82.3. The molecule has 0 saturated carbocycles. The van der Waals surface area contributed by atoms with E-state index in [1.165, 1.54) is 66.8 Å². The number of aliphatic hydroxyl groups is 4. The van der Waals surface area contributed by atoms with Gasteiger partial charge in [-0.1, -0.05) is 108 Å². The van der Waals surface area contributed by atoms with Crippen LogP contribution in [0.4, 0.5) is 0 Å². The number of esters is 3. The number of carbonyl (C=O) groups excluding carboxylic acids is 9. The largest absolute Gasteiger partial charge is 1.00 e. The summed E-state index contributed by atoms with van der Waals surface area (Å²) >= 11 is 3.23. The number of nitrogens with zero attached hydrogens (tertiary/aromatic N) is 2. The molecule has 34 nitrogen and oxygen atoms in total. The van der Waals surface area contributed by atoms with E-state index in [4.69, 9.17) is 68.6 Å². The van der Waals surface area contributed by atoms with E-state index >= 15 is 0 Å². The number of carbonyl (C=O) groups is 10. The number of benzene rings is 6. The molecule has 742 valence electrons. The molecule has 0 atom stereocenters. The van der Waals surface area contributed by atoms with Gasteiger partial charge in [-0.05, 0) is 230 Å². The number of halogens is 2. The Balaban J connectivity index is -0.000000723. The number of alkyl halides is 1. The van der Waals surface area contributed by atoms with Gasteiger partial charge in [-0.15, -0.1) is 5.06 Å².